The summed E-state index contributed by atoms with van der Waals surface area (Å²) in [6.45, 7) is 2.32. The Morgan fingerprint density at radius 1 is 1.35 bits per heavy atom. The third-order valence-electron chi connectivity index (χ3n) is 2.07. The van der Waals surface area contributed by atoms with Crippen molar-refractivity contribution in [2.45, 2.75) is 13.3 Å². The number of hydrogen-bond donors (Lipinski definition) is 2. The molecule has 0 aliphatic heterocycles. The van der Waals surface area contributed by atoms with E-state index in [9.17, 15) is 4.79 Å². The molecule has 0 unspecified atom stereocenters. The van der Waals surface area contributed by atoms with Crippen molar-refractivity contribution in [3.05, 3.63) is 36.1 Å². The number of allylic oxidation sites excluding steroid dienone is 4. The maximum atomic E-state index is 10.9. The van der Waals surface area contributed by atoms with Gasteiger partial charge in [-0.25, -0.2) is 0 Å². The van der Waals surface area contributed by atoms with Crippen molar-refractivity contribution in [2.75, 3.05) is 20.6 Å². The fourth-order valence-corrected chi connectivity index (χ4v) is 1.19. The number of nitrogens with one attached hydrogen (secondary N) is 1. The van der Waals surface area contributed by atoms with Gasteiger partial charge in [-0.2, -0.15) is 0 Å². The van der Waals surface area contributed by atoms with E-state index in [1.54, 1.807) is 13.1 Å². The smallest absolute Gasteiger partial charge is 0.152 e. The van der Waals surface area contributed by atoms with Gasteiger partial charge in [-0.3, -0.25) is 9.79 Å². The number of carbonyl (C=O) groups is 1. The number of rotatable bonds is 7. The second-order valence-corrected chi connectivity index (χ2v) is 3.48. The molecule has 0 amide bonds. The summed E-state index contributed by atoms with van der Waals surface area (Å²) in [7, 11) is 3.57. The van der Waals surface area contributed by atoms with Crippen LogP contribution in [-0.2, 0) is 4.79 Å². The molecule has 0 saturated carbocycles. The summed E-state index contributed by atoms with van der Waals surface area (Å²) < 4.78 is 0. The van der Waals surface area contributed by atoms with Crippen LogP contribution in [0.25, 0.3) is 0 Å². The second-order valence-electron chi connectivity index (χ2n) is 3.48. The van der Waals surface area contributed by atoms with Gasteiger partial charge in [0.15, 0.2) is 5.78 Å². The highest BCUT2D eigenvalue weighted by Crippen LogP contribution is 2.05. The third kappa shape index (κ3) is 7.25. The molecule has 3 N–H and O–H groups in total. The van der Waals surface area contributed by atoms with Crippen LogP contribution < -0.4 is 11.1 Å². The summed E-state index contributed by atoms with van der Waals surface area (Å²) in [6, 6.07) is 0. The molecule has 0 bridgehead atoms. The highest BCUT2D eigenvalue weighted by Gasteiger charge is 2.00. The van der Waals surface area contributed by atoms with Crippen LogP contribution in [0.4, 0.5) is 0 Å². The molecule has 0 spiro atoms. The average molecular weight is 235 g/mol. The number of carbonyl (C=O) groups excluding carboxylic acids is 1. The van der Waals surface area contributed by atoms with Gasteiger partial charge in [0.2, 0.25) is 0 Å². The first-order valence-electron chi connectivity index (χ1n) is 5.51. The molecule has 0 aliphatic carbocycles. The van der Waals surface area contributed by atoms with E-state index in [1.807, 2.05) is 19.2 Å². The predicted molar refractivity (Wildman–Crippen MR) is 73.1 cm³/mol. The van der Waals surface area contributed by atoms with Crippen molar-refractivity contribution < 1.29 is 4.79 Å². The molecular weight excluding hydrogens is 214 g/mol. The molecule has 0 atom stereocenters. The number of aliphatic imine (C=N–C) groups is 1. The lowest BCUT2D eigenvalue weighted by molar-refractivity contribution is -0.112. The van der Waals surface area contributed by atoms with Crippen molar-refractivity contribution in [3.63, 3.8) is 0 Å². The minimum absolute atomic E-state index is 0.00625. The van der Waals surface area contributed by atoms with E-state index in [2.05, 4.69) is 10.3 Å². The second kappa shape index (κ2) is 9.54. The molecule has 0 aliphatic rings. The molecule has 0 aromatic rings. The highest BCUT2D eigenvalue weighted by atomic mass is 16.1. The molecule has 0 radical (unpaired) electrons. The van der Waals surface area contributed by atoms with Gasteiger partial charge < -0.3 is 11.1 Å². The summed E-state index contributed by atoms with van der Waals surface area (Å²) in [5.41, 5.74) is 7.19. The zero-order chi connectivity index (χ0) is 13.1. The van der Waals surface area contributed by atoms with Crippen LogP contribution in [0.15, 0.2) is 41.1 Å². The topological polar surface area (TPSA) is 67.5 Å². The number of ketones is 1. The van der Waals surface area contributed by atoms with Crippen molar-refractivity contribution >= 4 is 11.5 Å². The van der Waals surface area contributed by atoms with E-state index in [1.165, 1.54) is 19.2 Å². The number of hydrogen-bond acceptors (Lipinski definition) is 4. The van der Waals surface area contributed by atoms with Crippen LogP contribution >= 0.6 is 0 Å². The van der Waals surface area contributed by atoms with E-state index in [0.29, 0.717) is 6.42 Å². The molecule has 0 saturated heterocycles. The van der Waals surface area contributed by atoms with E-state index in [4.69, 9.17) is 5.73 Å². The van der Waals surface area contributed by atoms with Gasteiger partial charge in [0.05, 0.1) is 5.71 Å². The molecule has 0 aromatic carbocycles. The normalized spacial score (nSPS) is 13.8. The first-order chi connectivity index (χ1) is 8.15. The van der Waals surface area contributed by atoms with Gasteiger partial charge in [-0.05, 0) is 44.3 Å². The minimum atomic E-state index is -0.00625. The Labute approximate surface area is 103 Å². The zero-order valence-corrected chi connectivity index (χ0v) is 10.7. The Balaban J connectivity index is 4.58. The van der Waals surface area contributed by atoms with Crippen molar-refractivity contribution in [2.24, 2.45) is 10.7 Å². The maximum Gasteiger partial charge on any atom is 0.152 e. The molecular formula is C13H21N3O. The number of nitrogens with two attached hydrogens (primary N) is 1. The summed E-state index contributed by atoms with van der Waals surface area (Å²) in [4.78, 5) is 15.0. The van der Waals surface area contributed by atoms with E-state index in [-0.39, 0.29) is 5.78 Å². The van der Waals surface area contributed by atoms with Crippen LogP contribution in [0.2, 0.25) is 0 Å². The zero-order valence-electron chi connectivity index (χ0n) is 10.7. The number of nitrogens with zero attached hydrogens (tertiary/aromatic N) is 1. The Morgan fingerprint density at radius 3 is 2.53 bits per heavy atom. The van der Waals surface area contributed by atoms with Gasteiger partial charge in [-0.15, -0.1) is 0 Å². The lowest BCUT2D eigenvalue weighted by Gasteiger charge is -2.03. The largest absolute Gasteiger partial charge is 0.404 e. The summed E-state index contributed by atoms with van der Waals surface area (Å²) in [5, 5.41) is 3.02. The molecule has 0 rings (SSSR count). The summed E-state index contributed by atoms with van der Waals surface area (Å²) >= 11 is 0. The SMILES string of the molecule is CN=C(/C=C\C(C)=O)/C(=C/N)C/C=C/CNC. The van der Waals surface area contributed by atoms with Gasteiger partial charge in [0.1, 0.15) is 0 Å². The van der Waals surface area contributed by atoms with Crippen LogP contribution in [0.3, 0.4) is 0 Å². The molecule has 94 valence electrons. The van der Waals surface area contributed by atoms with Gasteiger partial charge in [0.25, 0.3) is 0 Å². The Bertz CT molecular complexity index is 352. The molecule has 4 heteroatoms. The fraction of sp³-hybridized carbons (Fsp3) is 0.385. The highest BCUT2D eigenvalue weighted by molar-refractivity contribution is 6.10. The monoisotopic (exact) mass is 235 g/mol. The van der Waals surface area contributed by atoms with Crippen LogP contribution in [0.5, 0.6) is 0 Å². The lowest BCUT2D eigenvalue weighted by Crippen LogP contribution is -2.05. The quantitative estimate of drug-likeness (QED) is 0.396. The van der Waals surface area contributed by atoms with Crippen LogP contribution in [0.1, 0.15) is 13.3 Å². The fourth-order valence-electron chi connectivity index (χ4n) is 1.19. The Morgan fingerprint density at radius 2 is 2.06 bits per heavy atom. The van der Waals surface area contributed by atoms with Crippen molar-refractivity contribution in [1.82, 2.24) is 5.32 Å². The first kappa shape index (κ1) is 15.3. The van der Waals surface area contributed by atoms with E-state index < -0.39 is 0 Å². The van der Waals surface area contributed by atoms with E-state index in [0.717, 1.165) is 17.8 Å². The third-order valence-corrected chi connectivity index (χ3v) is 2.07. The van der Waals surface area contributed by atoms with Gasteiger partial charge >= 0.3 is 0 Å². The Hall–Kier alpha value is -1.68. The average Bonchev–Trinajstić information content (AvgIpc) is 2.32. The maximum absolute atomic E-state index is 10.9. The van der Waals surface area contributed by atoms with E-state index >= 15 is 0 Å². The Kier molecular flexibility index (Phi) is 8.60. The molecule has 4 nitrogen and oxygen atoms in total. The molecule has 0 aromatic heterocycles. The summed E-state index contributed by atoms with van der Waals surface area (Å²) in [6.07, 6.45) is 9.44. The molecule has 0 heterocycles. The van der Waals surface area contributed by atoms with Gasteiger partial charge in [0, 0.05) is 13.6 Å². The van der Waals surface area contributed by atoms with Crippen LogP contribution in [-0.4, -0.2) is 32.1 Å². The first-order valence-corrected chi connectivity index (χ1v) is 5.51. The predicted octanol–water partition coefficient (Wildman–Crippen LogP) is 1.21. The standard InChI is InChI=1S/C13H21N3O/c1-11(17)7-8-13(16-3)12(10-14)6-4-5-9-15-2/h4-5,7-8,10,15H,6,9,14H2,1-3H3/b5-4+,8-7-,12-10+,16-13?. The number of likely N-dealkylation sites (N-methyl/N-ethyl adjacent to an activating group) is 1. The minimum Gasteiger partial charge on any atom is -0.404 e. The van der Waals surface area contributed by atoms with Crippen LogP contribution in [0, 0.1) is 0 Å². The van der Waals surface area contributed by atoms with Gasteiger partial charge in [-0.1, -0.05) is 12.2 Å². The molecule has 0 fully saturated rings. The van der Waals surface area contributed by atoms with Crippen molar-refractivity contribution in [1.29, 1.82) is 0 Å². The van der Waals surface area contributed by atoms with Crippen molar-refractivity contribution in [3.8, 4) is 0 Å². The molecule has 17 heavy (non-hydrogen) atoms. The summed E-state index contributed by atoms with van der Waals surface area (Å²) in [5.74, 6) is -0.00625. The lowest BCUT2D eigenvalue weighted by atomic mass is 10.1.